The van der Waals surface area contributed by atoms with Crippen molar-refractivity contribution in [2.75, 3.05) is 13.1 Å². The lowest BCUT2D eigenvalue weighted by atomic mass is 9.93. The van der Waals surface area contributed by atoms with Gasteiger partial charge in [0.25, 0.3) is 0 Å². The van der Waals surface area contributed by atoms with E-state index < -0.39 is 0 Å². The molecular weight excluding hydrogens is 174 g/mol. The Kier molecular flexibility index (Phi) is 3.45. The zero-order chi connectivity index (χ0) is 9.97. The normalized spacial score (nSPS) is 36.4. The maximum Gasteiger partial charge on any atom is 0.0695 e. The maximum atomic E-state index is 9.82. The maximum absolute atomic E-state index is 9.82. The number of hydrogen-bond donors (Lipinski definition) is 1. The summed E-state index contributed by atoms with van der Waals surface area (Å²) in [5, 5.41) is 9.82. The van der Waals surface area contributed by atoms with Crippen LogP contribution in [0.3, 0.4) is 0 Å². The molecule has 0 bridgehead atoms. The Morgan fingerprint density at radius 2 is 1.86 bits per heavy atom. The zero-order valence-corrected chi connectivity index (χ0v) is 9.28. The van der Waals surface area contributed by atoms with Crippen molar-refractivity contribution < 1.29 is 5.11 Å². The van der Waals surface area contributed by atoms with Gasteiger partial charge in [-0.1, -0.05) is 13.3 Å². The molecule has 2 fully saturated rings. The second-order valence-corrected chi connectivity index (χ2v) is 4.95. The van der Waals surface area contributed by atoms with Gasteiger partial charge in [0.15, 0.2) is 0 Å². The summed E-state index contributed by atoms with van der Waals surface area (Å²) in [5.74, 6) is 0.949. The first-order valence-corrected chi connectivity index (χ1v) is 6.23. The molecule has 0 aromatic heterocycles. The molecule has 1 aliphatic heterocycles. The van der Waals surface area contributed by atoms with Crippen molar-refractivity contribution in [2.24, 2.45) is 5.92 Å². The smallest absolute Gasteiger partial charge is 0.0695 e. The molecule has 0 radical (unpaired) electrons. The Balaban J connectivity index is 1.82. The zero-order valence-electron chi connectivity index (χ0n) is 9.28. The van der Waals surface area contributed by atoms with Crippen LogP contribution in [0.25, 0.3) is 0 Å². The summed E-state index contributed by atoms with van der Waals surface area (Å²) in [4.78, 5) is 2.53. The monoisotopic (exact) mass is 197 g/mol. The van der Waals surface area contributed by atoms with Crippen LogP contribution in [0.1, 0.15) is 45.4 Å². The van der Waals surface area contributed by atoms with E-state index in [9.17, 15) is 5.11 Å². The molecule has 2 heteroatoms. The van der Waals surface area contributed by atoms with Crippen LogP contribution in [-0.2, 0) is 0 Å². The van der Waals surface area contributed by atoms with E-state index in [2.05, 4.69) is 11.8 Å². The number of piperidine rings is 1. The van der Waals surface area contributed by atoms with Crippen molar-refractivity contribution in [1.82, 2.24) is 4.90 Å². The van der Waals surface area contributed by atoms with Crippen LogP contribution < -0.4 is 0 Å². The van der Waals surface area contributed by atoms with Crippen molar-refractivity contribution in [2.45, 2.75) is 57.6 Å². The summed E-state index contributed by atoms with van der Waals surface area (Å²) in [7, 11) is 0. The van der Waals surface area contributed by atoms with E-state index in [1.54, 1.807) is 0 Å². The largest absolute Gasteiger partial charge is 0.391 e. The van der Waals surface area contributed by atoms with Crippen molar-refractivity contribution in [3.8, 4) is 0 Å². The molecule has 2 unspecified atom stereocenters. The minimum Gasteiger partial charge on any atom is -0.391 e. The second kappa shape index (κ2) is 4.63. The molecule has 1 saturated heterocycles. The fraction of sp³-hybridized carbons (Fsp3) is 1.00. The van der Waals surface area contributed by atoms with Crippen LogP contribution >= 0.6 is 0 Å². The molecule has 14 heavy (non-hydrogen) atoms. The molecular formula is C12H23NO. The van der Waals surface area contributed by atoms with E-state index in [0.717, 1.165) is 12.3 Å². The molecule has 1 heterocycles. The van der Waals surface area contributed by atoms with Crippen molar-refractivity contribution in [3.63, 3.8) is 0 Å². The van der Waals surface area contributed by atoms with Gasteiger partial charge in [-0.05, 0) is 51.1 Å². The van der Waals surface area contributed by atoms with Crippen molar-refractivity contribution >= 4 is 0 Å². The van der Waals surface area contributed by atoms with Gasteiger partial charge in [0.1, 0.15) is 0 Å². The Hall–Kier alpha value is -0.0800. The van der Waals surface area contributed by atoms with Crippen LogP contribution in [0.2, 0.25) is 0 Å². The summed E-state index contributed by atoms with van der Waals surface area (Å²) in [6, 6.07) is 0.493. The number of likely N-dealkylation sites (tertiary alicyclic amines) is 1. The number of rotatable bonds is 2. The van der Waals surface area contributed by atoms with Gasteiger partial charge in [-0.15, -0.1) is 0 Å². The molecule has 82 valence electrons. The van der Waals surface area contributed by atoms with Gasteiger partial charge in [0.2, 0.25) is 0 Å². The van der Waals surface area contributed by atoms with Gasteiger partial charge in [0, 0.05) is 6.04 Å². The highest BCUT2D eigenvalue weighted by Crippen LogP contribution is 2.28. The van der Waals surface area contributed by atoms with Crippen LogP contribution in [0.15, 0.2) is 0 Å². The summed E-state index contributed by atoms with van der Waals surface area (Å²) in [5.41, 5.74) is 0. The van der Waals surface area contributed by atoms with Crippen LogP contribution in [0.4, 0.5) is 0 Å². The van der Waals surface area contributed by atoms with Crippen LogP contribution in [0, 0.1) is 5.92 Å². The summed E-state index contributed by atoms with van der Waals surface area (Å²) >= 11 is 0. The highest BCUT2D eigenvalue weighted by molar-refractivity contribution is 4.87. The van der Waals surface area contributed by atoms with Gasteiger partial charge in [-0.2, -0.15) is 0 Å². The molecule has 0 aromatic rings. The molecule has 2 atom stereocenters. The predicted molar refractivity (Wildman–Crippen MR) is 58.2 cm³/mol. The van der Waals surface area contributed by atoms with Crippen molar-refractivity contribution in [3.05, 3.63) is 0 Å². The molecule has 2 nitrogen and oxygen atoms in total. The number of aliphatic hydroxyl groups excluding tert-OH is 1. The number of aliphatic hydroxyl groups is 1. The molecule has 1 N–H and O–H groups in total. The van der Waals surface area contributed by atoms with E-state index in [-0.39, 0.29) is 6.10 Å². The third-order valence-electron chi connectivity index (χ3n) is 4.14. The lowest BCUT2D eigenvalue weighted by Crippen LogP contribution is -2.44. The Morgan fingerprint density at radius 3 is 2.36 bits per heavy atom. The first kappa shape index (κ1) is 10.4. The highest BCUT2D eigenvalue weighted by Gasteiger charge is 2.32. The minimum absolute atomic E-state index is 0.0341. The number of nitrogens with zero attached hydrogens (tertiary/aromatic N) is 1. The molecule has 0 aromatic carbocycles. The third kappa shape index (κ3) is 2.12. The first-order valence-electron chi connectivity index (χ1n) is 6.23. The van der Waals surface area contributed by atoms with Gasteiger partial charge in [0.05, 0.1) is 6.10 Å². The molecule has 1 saturated carbocycles. The van der Waals surface area contributed by atoms with Crippen molar-refractivity contribution in [1.29, 1.82) is 0 Å². The third-order valence-corrected chi connectivity index (χ3v) is 4.14. The molecule has 0 spiro atoms. The highest BCUT2D eigenvalue weighted by atomic mass is 16.3. The Morgan fingerprint density at radius 1 is 1.14 bits per heavy atom. The quantitative estimate of drug-likeness (QED) is 0.732. The molecule has 0 amide bonds. The van der Waals surface area contributed by atoms with E-state index in [0.29, 0.717) is 6.04 Å². The Labute approximate surface area is 87.3 Å². The Bertz CT molecular complexity index is 175. The van der Waals surface area contributed by atoms with Crippen LogP contribution in [-0.4, -0.2) is 35.2 Å². The fourth-order valence-electron chi connectivity index (χ4n) is 3.04. The average Bonchev–Trinajstić information content (AvgIpc) is 2.65. The van der Waals surface area contributed by atoms with Gasteiger partial charge >= 0.3 is 0 Å². The van der Waals surface area contributed by atoms with E-state index >= 15 is 0 Å². The summed E-state index contributed by atoms with van der Waals surface area (Å²) in [6.07, 6.45) is 7.46. The standard InChI is InChI=1S/C12H23NO/c1-2-10-6-8-13(9-7-10)11-4-3-5-12(11)14/h10-12,14H,2-9H2,1H3. The topological polar surface area (TPSA) is 23.5 Å². The van der Waals surface area contributed by atoms with E-state index in [4.69, 9.17) is 0 Å². The minimum atomic E-state index is -0.0341. The molecule has 2 aliphatic rings. The second-order valence-electron chi connectivity index (χ2n) is 4.95. The first-order chi connectivity index (χ1) is 6.81. The molecule has 2 rings (SSSR count). The van der Waals surface area contributed by atoms with Gasteiger partial charge in [-0.25, -0.2) is 0 Å². The lowest BCUT2D eigenvalue weighted by Gasteiger charge is -2.37. The SMILES string of the molecule is CCC1CCN(C2CCCC2O)CC1. The fourth-order valence-corrected chi connectivity index (χ4v) is 3.04. The molecule has 1 aliphatic carbocycles. The summed E-state index contributed by atoms with van der Waals surface area (Å²) in [6.45, 7) is 4.74. The lowest BCUT2D eigenvalue weighted by molar-refractivity contribution is 0.0478. The van der Waals surface area contributed by atoms with Gasteiger partial charge in [-0.3, -0.25) is 4.90 Å². The van der Waals surface area contributed by atoms with E-state index in [1.807, 2.05) is 0 Å². The van der Waals surface area contributed by atoms with Gasteiger partial charge < -0.3 is 5.11 Å². The summed E-state index contributed by atoms with van der Waals surface area (Å²) < 4.78 is 0. The van der Waals surface area contributed by atoms with Crippen LogP contribution in [0.5, 0.6) is 0 Å². The van der Waals surface area contributed by atoms with E-state index in [1.165, 1.54) is 45.2 Å². The predicted octanol–water partition coefficient (Wildman–Crippen LogP) is 2.02. The number of hydrogen-bond acceptors (Lipinski definition) is 2. The average molecular weight is 197 g/mol.